The Morgan fingerprint density at radius 1 is 1.13 bits per heavy atom. The first-order valence-corrected chi connectivity index (χ1v) is 10.3. The number of ether oxygens (including phenoxy) is 1. The van der Waals surface area contributed by atoms with Crippen molar-refractivity contribution < 1.29 is 19.2 Å². The number of piperidine rings is 1. The van der Waals surface area contributed by atoms with Crippen LogP contribution in [0.15, 0.2) is 53.7 Å². The average Bonchev–Trinajstić information content (AvgIpc) is 3.17. The molecule has 0 bridgehead atoms. The molecule has 2 N–H and O–H groups in total. The van der Waals surface area contributed by atoms with Gasteiger partial charge in [-0.1, -0.05) is 17.3 Å². The molecule has 2 aliphatic heterocycles. The normalized spacial score (nSPS) is 20.1. The number of anilines is 2. The molecular weight excluding hydrogens is 396 g/mol. The Kier molecular flexibility index (Phi) is 5.79. The van der Waals surface area contributed by atoms with Gasteiger partial charge in [0.1, 0.15) is 11.5 Å². The van der Waals surface area contributed by atoms with Gasteiger partial charge in [-0.25, -0.2) is 4.79 Å². The molecule has 2 aliphatic rings. The number of urea groups is 1. The van der Waals surface area contributed by atoms with Crippen molar-refractivity contribution in [2.24, 2.45) is 5.16 Å². The van der Waals surface area contributed by atoms with E-state index < -0.39 is 5.60 Å². The fraction of sp³-hybridized carbons (Fsp3) is 0.348. The molecule has 0 unspecified atom stereocenters. The molecule has 3 amide bonds. The Morgan fingerprint density at radius 3 is 2.68 bits per heavy atom. The molecule has 2 aromatic carbocycles. The van der Waals surface area contributed by atoms with Gasteiger partial charge >= 0.3 is 6.03 Å². The number of carbonyl (C=O) groups excluding carboxylic acids is 2. The van der Waals surface area contributed by atoms with Crippen molar-refractivity contribution in [3.63, 3.8) is 0 Å². The lowest BCUT2D eigenvalue weighted by atomic mass is 9.88. The van der Waals surface area contributed by atoms with Gasteiger partial charge in [0.15, 0.2) is 5.60 Å². The number of methoxy groups -OCH3 is 1. The molecule has 1 spiro atoms. The van der Waals surface area contributed by atoms with E-state index in [0.717, 1.165) is 24.1 Å². The summed E-state index contributed by atoms with van der Waals surface area (Å²) in [6.07, 6.45) is 1.89. The lowest BCUT2D eigenvalue weighted by molar-refractivity contribution is -0.110. The van der Waals surface area contributed by atoms with Gasteiger partial charge in [0.25, 0.3) is 5.91 Å². The minimum atomic E-state index is -0.658. The highest BCUT2D eigenvalue weighted by molar-refractivity contribution is 6.43. The molecule has 1 saturated heterocycles. The molecule has 1 fully saturated rings. The van der Waals surface area contributed by atoms with Gasteiger partial charge in [-0.05, 0) is 61.7 Å². The summed E-state index contributed by atoms with van der Waals surface area (Å²) in [5.41, 5.74) is 2.16. The van der Waals surface area contributed by atoms with E-state index >= 15 is 0 Å². The van der Waals surface area contributed by atoms with Gasteiger partial charge in [0, 0.05) is 24.3 Å². The van der Waals surface area contributed by atoms with E-state index in [2.05, 4.69) is 15.8 Å². The van der Waals surface area contributed by atoms with Crippen molar-refractivity contribution in [3.8, 4) is 5.75 Å². The number of hydrogen-bond donors (Lipinski definition) is 2. The molecule has 1 atom stereocenters. The van der Waals surface area contributed by atoms with Crippen LogP contribution in [0, 0.1) is 6.92 Å². The Balaban J connectivity index is 1.35. The summed E-state index contributed by atoms with van der Waals surface area (Å²) in [6.45, 7) is 3.00. The van der Waals surface area contributed by atoms with E-state index in [1.54, 1.807) is 36.3 Å². The van der Waals surface area contributed by atoms with Crippen molar-refractivity contribution in [2.75, 3.05) is 30.8 Å². The molecule has 0 radical (unpaired) electrons. The largest absolute Gasteiger partial charge is 0.497 e. The minimum Gasteiger partial charge on any atom is -0.497 e. The highest BCUT2D eigenvalue weighted by Gasteiger charge is 2.45. The van der Waals surface area contributed by atoms with Crippen molar-refractivity contribution >= 4 is 29.0 Å². The standard InChI is InChI=1S/C23H26N4O4/c1-16-5-3-6-18(13-16)25-22(29)27-12-4-11-23(15-27)14-20(26-31-23)21(28)24-17-7-9-19(30-2)10-8-17/h3,5-10,13H,4,11-12,14-15H2,1-2H3,(H,24,28)(H,25,29)/t23-/m0/s1. The van der Waals surface area contributed by atoms with Crippen molar-refractivity contribution in [1.82, 2.24) is 4.90 Å². The van der Waals surface area contributed by atoms with Crippen LogP contribution in [0.4, 0.5) is 16.2 Å². The van der Waals surface area contributed by atoms with Crippen LogP contribution in [0.25, 0.3) is 0 Å². The summed E-state index contributed by atoms with van der Waals surface area (Å²) in [6, 6.07) is 14.6. The van der Waals surface area contributed by atoms with E-state index in [1.165, 1.54) is 0 Å². The zero-order chi connectivity index (χ0) is 21.8. The third-order valence-corrected chi connectivity index (χ3v) is 5.55. The summed E-state index contributed by atoms with van der Waals surface area (Å²) in [5, 5.41) is 9.82. The highest BCUT2D eigenvalue weighted by Crippen LogP contribution is 2.34. The van der Waals surface area contributed by atoms with E-state index in [0.29, 0.717) is 36.7 Å². The molecular formula is C23H26N4O4. The quantitative estimate of drug-likeness (QED) is 0.784. The number of carbonyl (C=O) groups is 2. The number of oxime groups is 1. The SMILES string of the molecule is COc1ccc(NC(=O)C2=NO[C@@]3(CCCN(C(=O)Nc4cccc(C)c4)C3)C2)cc1. The monoisotopic (exact) mass is 422 g/mol. The molecule has 0 aliphatic carbocycles. The smallest absolute Gasteiger partial charge is 0.321 e. The number of rotatable bonds is 4. The van der Waals surface area contributed by atoms with Crippen LogP contribution in [0.2, 0.25) is 0 Å². The van der Waals surface area contributed by atoms with Crippen LogP contribution >= 0.6 is 0 Å². The van der Waals surface area contributed by atoms with Gasteiger partial charge in [-0.15, -0.1) is 0 Å². The molecule has 0 aromatic heterocycles. The third-order valence-electron chi connectivity index (χ3n) is 5.55. The summed E-state index contributed by atoms with van der Waals surface area (Å²) in [4.78, 5) is 32.9. The molecule has 162 valence electrons. The first-order chi connectivity index (χ1) is 15.0. The summed E-state index contributed by atoms with van der Waals surface area (Å²) in [5.74, 6) is 0.410. The molecule has 0 saturated carbocycles. The fourth-order valence-electron chi connectivity index (χ4n) is 3.94. The van der Waals surface area contributed by atoms with Crippen molar-refractivity contribution in [1.29, 1.82) is 0 Å². The zero-order valence-electron chi connectivity index (χ0n) is 17.7. The molecule has 2 heterocycles. The Bertz CT molecular complexity index is 1000. The lowest BCUT2D eigenvalue weighted by Crippen LogP contribution is -2.52. The van der Waals surface area contributed by atoms with E-state index in [-0.39, 0.29) is 11.9 Å². The number of aryl methyl sites for hydroxylation is 1. The Morgan fingerprint density at radius 2 is 1.94 bits per heavy atom. The fourth-order valence-corrected chi connectivity index (χ4v) is 3.94. The maximum Gasteiger partial charge on any atom is 0.321 e. The number of benzene rings is 2. The number of nitrogens with zero attached hydrogens (tertiary/aromatic N) is 2. The second-order valence-electron chi connectivity index (χ2n) is 8.00. The van der Waals surface area contributed by atoms with Gasteiger partial charge < -0.3 is 25.1 Å². The molecule has 31 heavy (non-hydrogen) atoms. The number of nitrogens with one attached hydrogen (secondary N) is 2. The number of hydrogen-bond acceptors (Lipinski definition) is 5. The van der Waals surface area contributed by atoms with Crippen LogP contribution in [-0.2, 0) is 9.63 Å². The van der Waals surface area contributed by atoms with Gasteiger partial charge in [0.05, 0.1) is 13.7 Å². The van der Waals surface area contributed by atoms with E-state index in [4.69, 9.17) is 9.57 Å². The Hall–Kier alpha value is -3.55. The van der Waals surface area contributed by atoms with Crippen LogP contribution in [-0.4, -0.2) is 48.4 Å². The van der Waals surface area contributed by atoms with Gasteiger partial charge in [-0.2, -0.15) is 0 Å². The predicted octanol–water partition coefficient (Wildman–Crippen LogP) is 3.79. The number of likely N-dealkylation sites (tertiary alicyclic amines) is 1. The Labute approximate surface area is 181 Å². The van der Waals surface area contributed by atoms with Crippen LogP contribution < -0.4 is 15.4 Å². The summed E-state index contributed by atoms with van der Waals surface area (Å²) < 4.78 is 5.13. The summed E-state index contributed by atoms with van der Waals surface area (Å²) in [7, 11) is 1.59. The molecule has 2 aromatic rings. The van der Waals surface area contributed by atoms with Crippen molar-refractivity contribution in [2.45, 2.75) is 31.8 Å². The topological polar surface area (TPSA) is 92.3 Å². The van der Waals surface area contributed by atoms with E-state index in [9.17, 15) is 9.59 Å². The van der Waals surface area contributed by atoms with Crippen molar-refractivity contribution in [3.05, 3.63) is 54.1 Å². The maximum atomic E-state index is 12.8. The predicted molar refractivity (Wildman–Crippen MR) is 118 cm³/mol. The van der Waals surface area contributed by atoms with Crippen LogP contribution in [0.5, 0.6) is 5.75 Å². The zero-order valence-corrected chi connectivity index (χ0v) is 17.7. The lowest BCUT2D eigenvalue weighted by Gasteiger charge is -2.38. The van der Waals surface area contributed by atoms with Crippen LogP contribution in [0.1, 0.15) is 24.8 Å². The molecule has 8 heteroatoms. The third kappa shape index (κ3) is 4.79. The van der Waals surface area contributed by atoms with Crippen LogP contribution in [0.3, 0.4) is 0 Å². The second kappa shape index (κ2) is 8.67. The summed E-state index contributed by atoms with van der Waals surface area (Å²) >= 11 is 0. The van der Waals surface area contributed by atoms with Gasteiger partial charge in [-0.3, -0.25) is 4.79 Å². The molecule has 4 rings (SSSR count). The first-order valence-electron chi connectivity index (χ1n) is 10.3. The van der Waals surface area contributed by atoms with E-state index in [1.807, 2.05) is 31.2 Å². The highest BCUT2D eigenvalue weighted by atomic mass is 16.7. The molecule has 8 nitrogen and oxygen atoms in total. The second-order valence-corrected chi connectivity index (χ2v) is 8.00. The maximum absolute atomic E-state index is 12.8. The van der Waals surface area contributed by atoms with Gasteiger partial charge in [0.2, 0.25) is 0 Å². The minimum absolute atomic E-state index is 0.176. The average molecular weight is 422 g/mol. The first kappa shape index (κ1) is 20.7. The number of amides is 3.